The molecular formula is C17H13BrN2OS2. The van der Waals surface area contributed by atoms with Crippen molar-refractivity contribution in [2.45, 2.75) is 4.90 Å². The Labute approximate surface area is 151 Å². The molecule has 1 N–H and O–H groups in total. The summed E-state index contributed by atoms with van der Waals surface area (Å²) in [7, 11) is 0. The molecule has 0 aliphatic heterocycles. The Bertz CT molecular complexity index is 813. The molecule has 0 unspecified atom stereocenters. The standard InChI is InChI=1S/C17H13BrN2OS2/c1-22-14-8-4-12(5-9-14)16(21)20-17-19-15(10-23-17)11-2-6-13(18)7-3-11/h2-10H,1H3,(H,19,20,21). The van der Waals surface area contributed by atoms with Gasteiger partial charge in [-0.1, -0.05) is 28.1 Å². The van der Waals surface area contributed by atoms with E-state index in [0.29, 0.717) is 10.7 Å². The summed E-state index contributed by atoms with van der Waals surface area (Å²) >= 11 is 6.49. The molecule has 0 saturated carbocycles. The predicted octanol–water partition coefficient (Wildman–Crippen LogP) is 5.55. The highest BCUT2D eigenvalue weighted by molar-refractivity contribution is 9.10. The quantitative estimate of drug-likeness (QED) is 0.579. The van der Waals surface area contributed by atoms with Crippen molar-refractivity contribution < 1.29 is 4.79 Å². The number of hydrogen-bond donors (Lipinski definition) is 1. The highest BCUT2D eigenvalue weighted by Crippen LogP contribution is 2.26. The van der Waals surface area contributed by atoms with E-state index in [1.807, 2.05) is 60.2 Å². The summed E-state index contributed by atoms with van der Waals surface area (Å²) < 4.78 is 1.03. The van der Waals surface area contributed by atoms with Crippen LogP contribution in [-0.4, -0.2) is 17.1 Å². The van der Waals surface area contributed by atoms with E-state index in [9.17, 15) is 4.79 Å². The van der Waals surface area contributed by atoms with E-state index >= 15 is 0 Å². The summed E-state index contributed by atoms with van der Waals surface area (Å²) in [4.78, 5) is 17.9. The fourth-order valence-electron chi connectivity index (χ4n) is 2.00. The van der Waals surface area contributed by atoms with Crippen LogP contribution < -0.4 is 5.32 Å². The van der Waals surface area contributed by atoms with Crippen LogP contribution in [0.25, 0.3) is 11.3 Å². The first-order valence-corrected chi connectivity index (χ1v) is 9.72. The van der Waals surface area contributed by atoms with Crippen molar-refractivity contribution in [3.8, 4) is 11.3 Å². The van der Waals surface area contributed by atoms with Crippen LogP contribution in [0, 0.1) is 0 Å². The van der Waals surface area contributed by atoms with Crippen molar-refractivity contribution in [1.29, 1.82) is 0 Å². The van der Waals surface area contributed by atoms with Gasteiger partial charge in [-0.3, -0.25) is 10.1 Å². The summed E-state index contributed by atoms with van der Waals surface area (Å²) in [6.07, 6.45) is 2.01. The Morgan fingerprint density at radius 2 is 1.83 bits per heavy atom. The average Bonchev–Trinajstić information content (AvgIpc) is 3.04. The van der Waals surface area contributed by atoms with E-state index in [1.165, 1.54) is 11.3 Å². The summed E-state index contributed by atoms with van der Waals surface area (Å²) in [5, 5.41) is 5.39. The minimum Gasteiger partial charge on any atom is -0.298 e. The number of halogens is 1. The number of carbonyl (C=O) groups excluding carboxylic acids is 1. The number of rotatable bonds is 4. The van der Waals surface area contributed by atoms with Crippen LogP contribution in [-0.2, 0) is 0 Å². The first-order valence-electron chi connectivity index (χ1n) is 6.82. The molecule has 0 aliphatic carbocycles. The Balaban J connectivity index is 1.73. The number of nitrogens with one attached hydrogen (secondary N) is 1. The van der Waals surface area contributed by atoms with Crippen molar-refractivity contribution in [2.75, 3.05) is 11.6 Å². The number of hydrogen-bond acceptors (Lipinski definition) is 4. The van der Waals surface area contributed by atoms with Gasteiger partial charge in [0, 0.05) is 25.9 Å². The van der Waals surface area contributed by atoms with Crippen molar-refractivity contribution in [2.24, 2.45) is 0 Å². The molecule has 0 saturated heterocycles. The maximum Gasteiger partial charge on any atom is 0.257 e. The third-order valence-electron chi connectivity index (χ3n) is 3.22. The number of anilines is 1. The van der Waals surface area contributed by atoms with Crippen LogP contribution in [0.2, 0.25) is 0 Å². The van der Waals surface area contributed by atoms with Crippen LogP contribution in [0.4, 0.5) is 5.13 Å². The van der Waals surface area contributed by atoms with Crippen molar-refractivity contribution in [1.82, 2.24) is 4.98 Å². The third kappa shape index (κ3) is 4.02. The number of nitrogens with zero attached hydrogens (tertiary/aromatic N) is 1. The van der Waals surface area contributed by atoms with E-state index in [-0.39, 0.29) is 5.91 Å². The smallest absolute Gasteiger partial charge is 0.257 e. The first kappa shape index (κ1) is 16.2. The number of thiazole rings is 1. The van der Waals surface area contributed by atoms with Gasteiger partial charge in [0.2, 0.25) is 0 Å². The van der Waals surface area contributed by atoms with Gasteiger partial charge in [-0.2, -0.15) is 0 Å². The van der Waals surface area contributed by atoms with Gasteiger partial charge < -0.3 is 0 Å². The summed E-state index contributed by atoms with van der Waals surface area (Å²) in [6, 6.07) is 15.5. The molecule has 23 heavy (non-hydrogen) atoms. The highest BCUT2D eigenvalue weighted by atomic mass is 79.9. The van der Waals surface area contributed by atoms with Crippen molar-refractivity contribution >= 4 is 50.1 Å². The second kappa shape index (κ2) is 7.29. The molecular weight excluding hydrogens is 392 g/mol. The van der Waals surface area contributed by atoms with Crippen LogP contribution in [0.3, 0.4) is 0 Å². The number of aromatic nitrogens is 1. The molecule has 2 aromatic carbocycles. The van der Waals surface area contributed by atoms with Crippen LogP contribution >= 0.6 is 39.0 Å². The lowest BCUT2D eigenvalue weighted by molar-refractivity contribution is 0.102. The zero-order chi connectivity index (χ0) is 16.2. The second-order valence-electron chi connectivity index (χ2n) is 4.73. The highest BCUT2D eigenvalue weighted by Gasteiger charge is 2.10. The van der Waals surface area contributed by atoms with Gasteiger partial charge in [0.05, 0.1) is 5.69 Å². The minimum atomic E-state index is -0.144. The van der Waals surface area contributed by atoms with Gasteiger partial charge in [0.15, 0.2) is 5.13 Å². The fraction of sp³-hybridized carbons (Fsp3) is 0.0588. The van der Waals surface area contributed by atoms with Gasteiger partial charge >= 0.3 is 0 Å². The fourth-order valence-corrected chi connectivity index (χ4v) is 3.38. The van der Waals surface area contributed by atoms with Crippen LogP contribution in [0.15, 0.2) is 63.3 Å². The molecule has 3 rings (SSSR count). The number of carbonyl (C=O) groups is 1. The molecule has 3 aromatic rings. The van der Waals surface area contributed by atoms with Crippen molar-refractivity contribution in [3.63, 3.8) is 0 Å². The molecule has 1 amide bonds. The molecule has 6 heteroatoms. The zero-order valence-corrected chi connectivity index (χ0v) is 15.5. The molecule has 0 fully saturated rings. The van der Waals surface area contributed by atoms with E-state index in [4.69, 9.17) is 0 Å². The molecule has 0 atom stereocenters. The van der Waals surface area contributed by atoms with E-state index < -0.39 is 0 Å². The number of amides is 1. The van der Waals surface area contributed by atoms with Crippen molar-refractivity contribution in [3.05, 3.63) is 63.9 Å². The molecule has 0 spiro atoms. The normalized spacial score (nSPS) is 10.5. The molecule has 0 aliphatic rings. The Hall–Kier alpha value is -1.63. The molecule has 0 radical (unpaired) electrons. The first-order chi connectivity index (χ1) is 11.2. The maximum absolute atomic E-state index is 12.2. The van der Waals surface area contributed by atoms with Crippen LogP contribution in [0.5, 0.6) is 0 Å². The predicted molar refractivity (Wildman–Crippen MR) is 101 cm³/mol. The lowest BCUT2D eigenvalue weighted by Crippen LogP contribution is -2.11. The van der Waals surface area contributed by atoms with Gasteiger partial charge in [-0.25, -0.2) is 4.98 Å². The van der Waals surface area contributed by atoms with Gasteiger partial charge in [0.1, 0.15) is 0 Å². The lowest BCUT2D eigenvalue weighted by Gasteiger charge is -2.02. The van der Waals surface area contributed by atoms with E-state index in [0.717, 1.165) is 20.6 Å². The van der Waals surface area contributed by atoms with Gasteiger partial charge in [-0.15, -0.1) is 23.1 Å². The molecule has 3 nitrogen and oxygen atoms in total. The Morgan fingerprint density at radius 3 is 2.48 bits per heavy atom. The summed E-state index contributed by atoms with van der Waals surface area (Å²) in [5.74, 6) is -0.144. The number of benzene rings is 2. The lowest BCUT2D eigenvalue weighted by atomic mass is 10.2. The van der Waals surface area contributed by atoms with Crippen LogP contribution in [0.1, 0.15) is 10.4 Å². The van der Waals surface area contributed by atoms with E-state index in [2.05, 4.69) is 26.2 Å². The Morgan fingerprint density at radius 1 is 1.13 bits per heavy atom. The van der Waals surface area contributed by atoms with E-state index in [1.54, 1.807) is 11.8 Å². The SMILES string of the molecule is CSc1ccc(C(=O)Nc2nc(-c3ccc(Br)cc3)cs2)cc1. The topological polar surface area (TPSA) is 42.0 Å². The summed E-state index contributed by atoms with van der Waals surface area (Å²) in [5.41, 5.74) is 2.51. The maximum atomic E-state index is 12.2. The Kier molecular flexibility index (Phi) is 5.15. The van der Waals surface area contributed by atoms with Gasteiger partial charge in [-0.05, 0) is 42.7 Å². The average molecular weight is 405 g/mol. The summed E-state index contributed by atoms with van der Waals surface area (Å²) in [6.45, 7) is 0. The largest absolute Gasteiger partial charge is 0.298 e. The molecule has 1 heterocycles. The zero-order valence-electron chi connectivity index (χ0n) is 12.2. The number of thioether (sulfide) groups is 1. The molecule has 116 valence electrons. The third-order valence-corrected chi connectivity index (χ3v) is 5.25. The molecule has 1 aromatic heterocycles. The minimum absolute atomic E-state index is 0.144. The van der Waals surface area contributed by atoms with Gasteiger partial charge in [0.25, 0.3) is 5.91 Å². The molecule has 0 bridgehead atoms. The monoisotopic (exact) mass is 404 g/mol. The second-order valence-corrected chi connectivity index (χ2v) is 7.38.